The molecule has 4 nitrogen and oxygen atoms in total. The minimum atomic E-state index is -0.405. The Bertz CT molecular complexity index is 808. The monoisotopic (exact) mass is 404 g/mol. The second-order valence-corrected chi connectivity index (χ2v) is 6.62. The lowest BCUT2D eigenvalue weighted by atomic mass is 9.92. The SMILES string of the molecule is O=C(COc1ccc2c(c1Br)CCCC2)NN=Cc1ccccc1F. The summed E-state index contributed by atoms with van der Waals surface area (Å²) in [6, 6.07) is 10.1. The Morgan fingerprint density at radius 1 is 1.24 bits per heavy atom. The van der Waals surface area contributed by atoms with Gasteiger partial charge in [0.25, 0.3) is 5.91 Å². The number of rotatable bonds is 5. The van der Waals surface area contributed by atoms with Gasteiger partial charge in [0.2, 0.25) is 0 Å². The highest BCUT2D eigenvalue weighted by molar-refractivity contribution is 9.10. The summed E-state index contributed by atoms with van der Waals surface area (Å²) in [5, 5.41) is 3.75. The summed E-state index contributed by atoms with van der Waals surface area (Å²) in [5.41, 5.74) is 5.24. The molecular weight excluding hydrogens is 387 g/mol. The van der Waals surface area contributed by atoms with E-state index in [-0.39, 0.29) is 6.61 Å². The minimum Gasteiger partial charge on any atom is -0.483 e. The van der Waals surface area contributed by atoms with E-state index in [1.807, 2.05) is 6.07 Å². The first kappa shape index (κ1) is 17.6. The van der Waals surface area contributed by atoms with Crippen molar-refractivity contribution in [1.29, 1.82) is 0 Å². The van der Waals surface area contributed by atoms with Crippen LogP contribution in [0, 0.1) is 5.82 Å². The Morgan fingerprint density at radius 2 is 2.04 bits per heavy atom. The van der Waals surface area contributed by atoms with E-state index in [0.717, 1.165) is 17.3 Å². The van der Waals surface area contributed by atoms with Gasteiger partial charge in [-0.15, -0.1) is 0 Å². The van der Waals surface area contributed by atoms with Crippen LogP contribution in [0.25, 0.3) is 0 Å². The molecule has 0 saturated heterocycles. The molecule has 0 atom stereocenters. The zero-order valence-corrected chi connectivity index (χ0v) is 15.2. The van der Waals surface area contributed by atoms with E-state index in [9.17, 15) is 9.18 Å². The zero-order valence-electron chi connectivity index (χ0n) is 13.6. The highest BCUT2D eigenvalue weighted by Gasteiger charge is 2.16. The largest absolute Gasteiger partial charge is 0.483 e. The molecule has 130 valence electrons. The lowest BCUT2D eigenvalue weighted by molar-refractivity contribution is -0.123. The molecule has 1 amide bonds. The van der Waals surface area contributed by atoms with Gasteiger partial charge in [-0.3, -0.25) is 4.79 Å². The van der Waals surface area contributed by atoms with Crippen molar-refractivity contribution in [2.45, 2.75) is 25.7 Å². The van der Waals surface area contributed by atoms with Gasteiger partial charge in [0.15, 0.2) is 6.61 Å². The van der Waals surface area contributed by atoms with E-state index in [1.165, 1.54) is 36.2 Å². The fraction of sp³-hybridized carbons (Fsp3) is 0.263. The molecule has 2 aromatic carbocycles. The van der Waals surface area contributed by atoms with Gasteiger partial charge in [0, 0.05) is 5.56 Å². The standard InChI is InChI=1S/C19H18BrFN2O2/c20-19-15-7-3-1-5-13(15)9-10-17(19)25-12-18(24)23-22-11-14-6-2-4-8-16(14)21/h2,4,6,8-11H,1,3,5,7,12H2,(H,23,24). The number of aryl methyl sites for hydroxylation is 1. The molecular formula is C19H18BrFN2O2. The molecule has 3 rings (SSSR count). The third kappa shape index (κ3) is 4.45. The van der Waals surface area contributed by atoms with Crippen LogP contribution in [0.1, 0.15) is 29.5 Å². The summed E-state index contributed by atoms with van der Waals surface area (Å²) < 4.78 is 19.9. The molecule has 0 saturated carbocycles. The number of nitrogens with one attached hydrogen (secondary N) is 1. The minimum absolute atomic E-state index is 0.161. The van der Waals surface area contributed by atoms with Gasteiger partial charge in [-0.05, 0) is 64.9 Å². The van der Waals surface area contributed by atoms with Crippen LogP contribution in [0.5, 0.6) is 5.75 Å². The quantitative estimate of drug-likeness (QED) is 0.604. The van der Waals surface area contributed by atoms with Crippen LogP contribution in [-0.4, -0.2) is 18.7 Å². The molecule has 0 bridgehead atoms. The smallest absolute Gasteiger partial charge is 0.277 e. The lowest BCUT2D eigenvalue weighted by Gasteiger charge is -2.19. The molecule has 0 heterocycles. The Hall–Kier alpha value is -2.21. The average molecular weight is 405 g/mol. The summed E-state index contributed by atoms with van der Waals surface area (Å²) in [6.45, 7) is -0.161. The number of halogens is 2. The third-order valence-corrected chi connectivity index (χ3v) is 4.95. The van der Waals surface area contributed by atoms with Crippen LogP contribution < -0.4 is 10.2 Å². The Kier molecular flexibility index (Phi) is 5.81. The van der Waals surface area contributed by atoms with Crippen molar-refractivity contribution in [2.75, 3.05) is 6.61 Å². The van der Waals surface area contributed by atoms with Crippen molar-refractivity contribution in [2.24, 2.45) is 5.10 Å². The number of carbonyl (C=O) groups is 1. The first-order chi connectivity index (χ1) is 12.1. The van der Waals surface area contributed by atoms with Gasteiger partial charge in [0.1, 0.15) is 11.6 Å². The average Bonchev–Trinajstić information content (AvgIpc) is 2.63. The van der Waals surface area contributed by atoms with E-state index in [1.54, 1.807) is 18.2 Å². The second kappa shape index (κ2) is 8.25. The Balaban J connectivity index is 1.55. The number of hydrogen-bond acceptors (Lipinski definition) is 3. The summed E-state index contributed by atoms with van der Waals surface area (Å²) in [5.74, 6) is -0.152. The molecule has 1 aliphatic rings. The lowest BCUT2D eigenvalue weighted by Crippen LogP contribution is -2.24. The van der Waals surface area contributed by atoms with Crippen LogP contribution >= 0.6 is 15.9 Å². The molecule has 1 N–H and O–H groups in total. The number of ether oxygens (including phenoxy) is 1. The molecule has 25 heavy (non-hydrogen) atoms. The van der Waals surface area contributed by atoms with Crippen molar-refractivity contribution in [3.8, 4) is 5.75 Å². The van der Waals surface area contributed by atoms with Crippen LogP contribution in [0.3, 0.4) is 0 Å². The van der Waals surface area contributed by atoms with Crippen LogP contribution in [0.4, 0.5) is 4.39 Å². The van der Waals surface area contributed by atoms with Gasteiger partial charge in [-0.25, -0.2) is 9.82 Å². The van der Waals surface area contributed by atoms with Crippen molar-refractivity contribution < 1.29 is 13.9 Å². The summed E-state index contributed by atoms with van der Waals surface area (Å²) >= 11 is 3.58. The Morgan fingerprint density at radius 3 is 2.88 bits per heavy atom. The maximum atomic E-state index is 13.4. The Labute approximate surface area is 154 Å². The number of nitrogens with zero attached hydrogens (tertiary/aromatic N) is 1. The zero-order chi connectivity index (χ0) is 17.6. The summed E-state index contributed by atoms with van der Waals surface area (Å²) in [4.78, 5) is 11.8. The molecule has 0 aromatic heterocycles. The molecule has 6 heteroatoms. The van der Waals surface area contributed by atoms with Crippen molar-refractivity contribution in [3.05, 3.63) is 63.4 Å². The first-order valence-corrected chi connectivity index (χ1v) is 8.94. The molecule has 0 spiro atoms. The van der Waals surface area contributed by atoms with E-state index in [4.69, 9.17) is 4.74 Å². The van der Waals surface area contributed by atoms with Crippen molar-refractivity contribution in [1.82, 2.24) is 5.43 Å². The third-order valence-electron chi connectivity index (χ3n) is 4.08. The number of benzene rings is 2. The molecule has 0 fully saturated rings. The van der Waals surface area contributed by atoms with Crippen LogP contribution in [0.2, 0.25) is 0 Å². The highest BCUT2D eigenvalue weighted by Crippen LogP contribution is 2.35. The molecule has 0 radical (unpaired) electrons. The topological polar surface area (TPSA) is 50.7 Å². The predicted octanol–water partition coefficient (Wildman–Crippen LogP) is 4.00. The van der Waals surface area contributed by atoms with Crippen LogP contribution in [-0.2, 0) is 17.6 Å². The fourth-order valence-electron chi connectivity index (χ4n) is 2.80. The summed E-state index contributed by atoms with van der Waals surface area (Å²) in [6.07, 6.45) is 5.75. The first-order valence-electron chi connectivity index (χ1n) is 8.14. The maximum Gasteiger partial charge on any atom is 0.277 e. The summed E-state index contributed by atoms with van der Waals surface area (Å²) in [7, 11) is 0. The predicted molar refractivity (Wildman–Crippen MR) is 98.4 cm³/mol. The van der Waals surface area contributed by atoms with Crippen LogP contribution in [0.15, 0.2) is 46.0 Å². The van der Waals surface area contributed by atoms with Gasteiger partial charge in [-0.2, -0.15) is 5.10 Å². The van der Waals surface area contributed by atoms with Gasteiger partial charge < -0.3 is 4.74 Å². The van der Waals surface area contributed by atoms with E-state index >= 15 is 0 Å². The number of carbonyl (C=O) groups excluding carboxylic acids is 1. The van der Waals surface area contributed by atoms with E-state index < -0.39 is 11.7 Å². The molecule has 0 aliphatic heterocycles. The normalized spacial score (nSPS) is 13.5. The van der Waals surface area contributed by atoms with Crippen molar-refractivity contribution >= 4 is 28.1 Å². The number of hydrogen-bond donors (Lipinski definition) is 1. The number of hydrazone groups is 1. The van der Waals surface area contributed by atoms with Gasteiger partial charge in [0.05, 0.1) is 10.7 Å². The molecule has 1 aliphatic carbocycles. The highest BCUT2D eigenvalue weighted by atomic mass is 79.9. The van der Waals surface area contributed by atoms with E-state index in [0.29, 0.717) is 11.3 Å². The number of amides is 1. The maximum absolute atomic E-state index is 13.4. The van der Waals surface area contributed by atoms with Gasteiger partial charge in [-0.1, -0.05) is 24.3 Å². The van der Waals surface area contributed by atoms with E-state index in [2.05, 4.69) is 32.5 Å². The molecule has 2 aromatic rings. The fourth-order valence-corrected chi connectivity index (χ4v) is 3.50. The van der Waals surface area contributed by atoms with Gasteiger partial charge >= 0.3 is 0 Å². The second-order valence-electron chi connectivity index (χ2n) is 5.83. The molecule has 0 unspecified atom stereocenters. The number of fused-ring (bicyclic) bond motifs is 1. The van der Waals surface area contributed by atoms with Crippen molar-refractivity contribution in [3.63, 3.8) is 0 Å².